The van der Waals surface area contributed by atoms with Gasteiger partial charge in [0.2, 0.25) is 0 Å². The molecule has 0 amide bonds. The fourth-order valence-corrected chi connectivity index (χ4v) is 5.65. The number of rotatable bonds is 39. The van der Waals surface area contributed by atoms with Gasteiger partial charge in [-0.25, -0.2) is 0 Å². The molecule has 0 N–H and O–H groups in total. The molecule has 0 aliphatic heterocycles. The molecule has 0 aliphatic rings. The summed E-state index contributed by atoms with van der Waals surface area (Å²) in [6.45, 7) is 6.19. The van der Waals surface area contributed by atoms with Gasteiger partial charge in [-0.1, -0.05) is 206 Å². The lowest BCUT2D eigenvalue weighted by Gasteiger charge is -2.18. The molecule has 0 heterocycles. The van der Waals surface area contributed by atoms with Crippen molar-refractivity contribution >= 4 is 17.9 Å². The van der Waals surface area contributed by atoms with Gasteiger partial charge in [0.05, 0.1) is 0 Å². The van der Waals surface area contributed by atoms with E-state index < -0.39 is 12.1 Å². The second-order valence-corrected chi connectivity index (χ2v) is 14.8. The summed E-state index contributed by atoms with van der Waals surface area (Å²) in [5.74, 6) is -1.09. The largest absolute Gasteiger partial charge is 0.462 e. The highest BCUT2D eigenvalue weighted by atomic mass is 16.6. The van der Waals surface area contributed by atoms with E-state index in [9.17, 15) is 14.4 Å². The lowest BCUT2D eigenvalue weighted by molar-refractivity contribution is -0.167. The summed E-state index contributed by atoms with van der Waals surface area (Å²) < 4.78 is 16.6. The molecule has 1 unspecified atom stereocenters. The van der Waals surface area contributed by atoms with Gasteiger partial charge in [-0.3, -0.25) is 14.4 Å². The van der Waals surface area contributed by atoms with Crippen LogP contribution in [0.15, 0.2) is 134 Å². The Morgan fingerprint density at radius 3 is 1.08 bits per heavy atom. The Hall–Kier alpha value is -4.45. The Labute approximate surface area is 366 Å². The van der Waals surface area contributed by atoms with Crippen molar-refractivity contribution in [2.45, 2.75) is 175 Å². The molecule has 0 bridgehead atoms. The molecule has 1 atom stereocenters. The first kappa shape index (κ1) is 55.5. The molecule has 0 aromatic rings. The van der Waals surface area contributed by atoms with Gasteiger partial charge in [0.1, 0.15) is 13.2 Å². The fraction of sp³-hybridized carbons (Fsp3) is 0.537. The third-order valence-electron chi connectivity index (χ3n) is 9.12. The molecule has 6 nitrogen and oxygen atoms in total. The standard InChI is InChI=1S/C54H82O6/c1-4-7-10-13-16-19-22-25-26-27-30-32-35-38-41-44-47-53(56)59-50-51(60-54(57)48-45-42-39-36-33-29-24-21-18-15-12-9-6-3)49-58-52(55)46-43-40-37-34-31-28-23-20-17-14-11-8-5-2/h8-9,11-12,14-15,17-18,20-21,23-24,26-33,36,39,51H,4-7,10,13,16,19,22,25,34-35,37-38,40-50H2,1-3H3/b11-8+,12-9+,17-14+,18-15+,23-20+,24-21+,27-26+,31-28+,32-30+,33-29+,39-36+. The highest BCUT2D eigenvalue weighted by Crippen LogP contribution is 2.11. The van der Waals surface area contributed by atoms with Crippen molar-refractivity contribution in [3.8, 4) is 0 Å². The Morgan fingerprint density at radius 2 is 0.667 bits per heavy atom. The molecule has 6 heteroatoms. The topological polar surface area (TPSA) is 78.9 Å². The van der Waals surface area contributed by atoms with Gasteiger partial charge in [-0.15, -0.1) is 0 Å². The summed E-state index contributed by atoms with van der Waals surface area (Å²) in [6, 6.07) is 0. The number of carbonyl (C=O) groups excluding carboxylic acids is 3. The quantitative estimate of drug-likeness (QED) is 0.0266. The van der Waals surface area contributed by atoms with Gasteiger partial charge in [0.15, 0.2) is 6.10 Å². The maximum atomic E-state index is 12.7. The molecule has 0 saturated heterocycles. The van der Waals surface area contributed by atoms with E-state index in [1.807, 2.05) is 91.1 Å². The summed E-state index contributed by atoms with van der Waals surface area (Å²) in [7, 11) is 0. The van der Waals surface area contributed by atoms with Gasteiger partial charge in [0.25, 0.3) is 0 Å². The van der Waals surface area contributed by atoms with Crippen molar-refractivity contribution in [3.63, 3.8) is 0 Å². The molecule has 0 radical (unpaired) electrons. The van der Waals surface area contributed by atoms with Crippen LogP contribution in [0.4, 0.5) is 0 Å². The van der Waals surface area contributed by atoms with E-state index in [4.69, 9.17) is 14.2 Å². The summed E-state index contributed by atoms with van der Waals surface area (Å²) >= 11 is 0. The summed E-state index contributed by atoms with van der Waals surface area (Å²) in [5, 5.41) is 0. The minimum atomic E-state index is -0.845. The van der Waals surface area contributed by atoms with Crippen LogP contribution in [0.2, 0.25) is 0 Å². The molecule has 0 aromatic heterocycles. The van der Waals surface area contributed by atoms with E-state index in [-0.39, 0.29) is 38.0 Å². The molecule has 0 spiro atoms. The van der Waals surface area contributed by atoms with Crippen LogP contribution in [-0.4, -0.2) is 37.2 Å². The molecule has 0 rings (SSSR count). The fourth-order valence-electron chi connectivity index (χ4n) is 5.65. The molecule has 0 aromatic carbocycles. The number of allylic oxidation sites excluding steroid dienone is 22. The maximum Gasteiger partial charge on any atom is 0.306 e. The van der Waals surface area contributed by atoms with E-state index in [1.54, 1.807) is 0 Å². The van der Waals surface area contributed by atoms with Gasteiger partial charge in [0, 0.05) is 19.3 Å². The van der Waals surface area contributed by atoms with Gasteiger partial charge in [-0.05, 0) is 77.0 Å². The molecule has 334 valence electrons. The Morgan fingerprint density at radius 1 is 0.350 bits per heavy atom. The first-order valence-corrected chi connectivity index (χ1v) is 23.3. The van der Waals surface area contributed by atoms with Crippen LogP contribution >= 0.6 is 0 Å². The molecule has 0 aliphatic carbocycles. The average Bonchev–Trinajstić information content (AvgIpc) is 3.24. The highest BCUT2D eigenvalue weighted by molar-refractivity contribution is 5.71. The molecule has 0 fully saturated rings. The third-order valence-corrected chi connectivity index (χ3v) is 9.12. The van der Waals surface area contributed by atoms with Gasteiger partial charge >= 0.3 is 17.9 Å². The van der Waals surface area contributed by atoms with Crippen LogP contribution in [-0.2, 0) is 28.6 Å². The number of ether oxygens (including phenoxy) is 3. The molecule has 0 saturated carbocycles. The lowest BCUT2D eigenvalue weighted by atomic mass is 10.1. The zero-order chi connectivity index (χ0) is 43.7. The van der Waals surface area contributed by atoms with Gasteiger partial charge in [-0.2, -0.15) is 0 Å². The number of hydrogen-bond acceptors (Lipinski definition) is 6. The zero-order valence-electron chi connectivity index (χ0n) is 37.9. The predicted molar refractivity (Wildman–Crippen MR) is 256 cm³/mol. The smallest absolute Gasteiger partial charge is 0.306 e. The second-order valence-electron chi connectivity index (χ2n) is 14.8. The Balaban J connectivity index is 4.62. The van der Waals surface area contributed by atoms with E-state index in [2.05, 4.69) is 63.3 Å². The second kappa shape index (κ2) is 47.2. The highest BCUT2D eigenvalue weighted by Gasteiger charge is 2.19. The van der Waals surface area contributed by atoms with Crippen LogP contribution in [0.5, 0.6) is 0 Å². The number of carbonyl (C=O) groups is 3. The van der Waals surface area contributed by atoms with E-state index in [1.165, 1.54) is 44.9 Å². The minimum absolute atomic E-state index is 0.139. The van der Waals surface area contributed by atoms with Crippen molar-refractivity contribution in [2.24, 2.45) is 0 Å². The summed E-state index contributed by atoms with van der Waals surface area (Å²) in [6.07, 6.45) is 65.9. The number of hydrogen-bond donors (Lipinski definition) is 0. The van der Waals surface area contributed by atoms with Crippen molar-refractivity contribution in [1.82, 2.24) is 0 Å². The summed E-state index contributed by atoms with van der Waals surface area (Å²) in [5.41, 5.74) is 0. The van der Waals surface area contributed by atoms with Crippen molar-refractivity contribution in [1.29, 1.82) is 0 Å². The predicted octanol–water partition coefficient (Wildman–Crippen LogP) is 15.1. The normalized spacial score (nSPS) is 13.3. The van der Waals surface area contributed by atoms with Crippen LogP contribution in [0.25, 0.3) is 0 Å². The molecular formula is C54H82O6. The Bertz CT molecular complexity index is 1370. The average molecular weight is 827 g/mol. The van der Waals surface area contributed by atoms with E-state index >= 15 is 0 Å². The first-order chi connectivity index (χ1) is 29.5. The maximum absolute atomic E-state index is 12.7. The van der Waals surface area contributed by atoms with E-state index in [0.29, 0.717) is 25.7 Å². The van der Waals surface area contributed by atoms with Crippen LogP contribution in [0, 0.1) is 0 Å². The number of unbranched alkanes of at least 4 members (excludes halogenated alkanes) is 14. The number of esters is 3. The first-order valence-electron chi connectivity index (χ1n) is 23.3. The van der Waals surface area contributed by atoms with Crippen molar-refractivity contribution in [2.75, 3.05) is 13.2 Å². The van der Waals surface area contributed by atoms with Crippen LogP contribution in [0.3, 0.4) is 0 Å². The SMILES string of the molecule is CC/C=C/C=C/C=C/C=C/C=C/CCCC(=O)OC(COC(=O)CCCCC/C=C/C=C/C=C/C=C/CC)COC(=O)CCCCC/C=C/C=C/CCCCCCCCC. The lowest BCUT2D eigenvalue weighted by Crippen LogP contribution is -2.30. The Kier molecular flexibility index (Phi) is 43.7. The van der Waals surface area contributed by atoms with E-state index in [0.717, 1.165) is 64.2 Å². The summed E-state index contributed by atoms with van der Waals surface area (Å²) in [4.78, 5) is 37.8. The molecular weight excluding hydrogens is 745 g/mol. The zero-order valence-corrected chi connectivity index (χ0v) is 37.9. The van der Waals surface area contributed by atoms with Crippen LogP contribution in [0.1, 0.15) is 168 Å². The third kappa shape index (κ3) is 44.6. The monoisotopic (exact) mass is 827 g/mol. The minimum Gasteiger partial charge on any atom is -0.462 e. The van der Waals surface area contributed by atoms with Gasteiger partial charge < -0.3 is 14.2 Å². The van der Waals surface area contributed by atoms with Crippen LogP contribution < -0.4 is 0 Å². The van der Waals surface area contributed by atoms with Crippen molar-refractivity contribution in [3.05, 3.63) is 134 Å². The van der Waals surface area contributed by atoms with Crippen molar-refractivity contribution < 1.29 is 28.6 Å². The molecule has 60 heavy (non-hydrogen) atoms.